The highest BCUT2D eigenvalue weighted by atomic mass is 16.5. The van der Waals surface area contributed by atoms with Gasteiger partial charge in [0, 0.05) is 22.6 Å². The molecule has 1 aromatic heterocycles. The summed E-state index contributed by atoms with van der Waals surface area (Å²) >= 11 is 0. The Morgan fingerprint density at radius 3 is 2.36 bits per heavy atom. The summed E-state index contributed by atoms with van der Waals surface area (Å²) in [6, 6.07) is 18.2. The van der Waals surface area contributed by atoms with Crippen LogP contribution in [-0.2, 0) is 4.74 Å². The summed E-state index contributed by atoms with van der Waals surface area (Å²) in [6.45, 7) is 4.04. The fourth-order valence-corrected chi connectivity index (χ4v) is 2.96. The average molecular weight is 375 g/mol. The maximum atomic E-state index is 12.4. The zero-order valence-electron chi connectivity index (χ0n) is 16.0. The molecule has 1 amide bonds. The second-order valence-corrected chi connectivity index (χ2v) is 6.32. The summed E-state index contributed by atoms with van der Waals surface area (Å²) in [5.41, 5.74) is 7.23. The number of rotatable bonds is 5. The lowest BCUT2D eigenvalue weighted by Crippen LogP contribution is -2.18. The fourth-order valence-electron chi connectivity index (χ4n) is 2.96. The number of nitrogens with zero attached hydrogens (tertiary/aromatic N) is 2. The molecule has 0 saturated carbocycles. The first-order chi connectivity index (χ1) is 13.5. The number of nitrogens with one attached hydrogen (secondary N) is 1. The Morgan fingerprint density at radius 2 is 1.64 bits per heavy atom. The van der Waals surface area contributed by atoms with Crippen molar-refractivity contribution < 1.29 is 14.3 Å². The molecule has 0 radical (unpaired) electrons. The van der Waals surface area contributed by atoms with Crippen LogP contribution in [0.15, 0.2) is 65.8 Å². The number of carbonyl (C=O) groups is 2. The molecule has 0 fully saturated rings. The average Bonchev–Trinajstić information content (AvgIpc) is 3.05. The lowest BCUT2D eigenvalue weighted by Gasteiger charge is -2.10. The SMILES string of the molecule is COC(=O)c1cccc(C=NNC(=O)c2cccc(-n3c(C)ccc3C)c2)c1. The number of hydrogen-bond acceptors (Lipinski definition) is 4. The van der Waals surface area contributed by atoms with Crippen LogP contribution in [0.4, 0.5) is 0 Å². The molecule has 28 heavy (non-hydrogen) atoms. The van der Waals surface area contributed by atoms with Gasteiger partial charge in [-0.1, -0.05) is 18.2 Å². The lowest BCUT2D eigenvalue weighted by atomic mass is 10.1. The quantitative estimate of drug-likeness (QED) is 0.420. The second-order valence-electron chi connectivity index (χ2n) is 6.32. The molecule has 0 aliphatic carbocycles. The van der Waals surface area contributed by atoms with Gasteiger partial charge in [0.25, 0.3) is 5.91 Å². The molecule has 0 aliphatic rings. The van der Waals surface area contributed by atoms with E-state index >= 15 is 0 Å². The number of esters is 1. The summed E-state index contributed by atoms with van der Waals surface area (Å²) in [6.07, 6.45) is 1.48. The molecule has 1 N–H and O–H groups in total. The Hall–Kier alpha value is -3.67. The minimum Gasteiger partial charge on any atom is -0.465 e. The van der Waals surface area contributed by atoms with Gasteiger partial charge in [-0.3, -0.25) is 4.79 Å². The Bertz CT molecular complexity index is 1030. The van der Waals surface area contributed by atoms with E-state index in [0.717, 1.165) is 17.1 Å². The molecule has 3 aromatic rings. The Balaban J connectivity index is 1.73. The van der Waals surface area contributed by atoms with E-state index in [-0.39, 0.29) is 5.91 Å². The van der Waals surface area contributed by atoms with Crippen molar-refractivity contribution in [2.24, 2.45) is 5.10 Å². The molecular weight excluding hydrogens is 354 g/mol. The third kappa shape index (κ3) is 4.17. The topological polar surface area (TPSA) is 72.7 Å². The van der Waals surface area contributed by atoms with Crippen LogP contribution < -0.4 is 5.43 Å². The van der Waals surface area contributed by atoms with Crippen LogP contribution in [0.1, 0.15) is 37.7 Å². The molecule has 0 unspecified atom stereocenters. The molecule has 0 spiro atoms. The standard InChI is InChI=1S/C22H21N3O3/c1-15-10-11-16(2)25(15)20-9-5-7-18(13-20)21(26)24-23-14-17-6-4-8-19(12-17)22(27)28-3/h4-14H,1-3H3,(H,24,26). The monoisotopic (exact) mass is 375 g/mol. The predicted octanol–water partition coefficient (Wildman–Crippen LogP) is 3.64. The van der Waals surface area contributed by atoms with Crippen LogP contribution in [0.2, 0.25) is 0 Å². The third-order valence-corrected chi connectivity index (χ3v) is 4.33. The van der Waals surface area contributed by atoms with Gasteiger partial charge < -0.3 is 9.30 Å². The van der Waals surface area contributed by atoms with E-state index in [0.29, 0.717) is 16.7 Å². The van der Waals surface area contributed by atoms with E-state index in [1.54, 1.807) is 30.3 Å². The van der Waals surface area contributed by atoms with E-state index in [1.165, 1.54) is 13.3 Å². The molecule has 0 aliphatic heterocycles. The van der Waals surface area contributed by atoms with E-state index in [9.17, 15) is 9.59 Å². The van der Waals surface area contributed by atoms with Gasteiger partial charge in [0.2, 0.25) is 0 Å². The number of amides is 1. The van der Waals surface area contributed by atoms with Crippen LogP contribution in [0.3, 0.4) is 0 Å². The summed E-state index contributed by atoms with van der Waals surface area (Å²) in [7, 11) is 1.33. The number of methoxy groups -OCH3 is 1. The van der Waals surface area contributed by atoms with Crippen LogP contribution >= 0.6 is 0 Å². The van der Waals surface area contributed by atoms with Gasteiger partial charge in [-0.25, -0.2) is 10.2 Å². The normalized spacial score (nSPS) is 10.8. The first-order valence-corrected chi connectivity index (χ1v) is 8.77. The number of carbonyl (C=O) groups excluding carboxylic acids is 2. The van der Waals surface area contributed by atoms with Crippen molar-refractivity contribution >= 4 is 18.1 Å². The Morgan fingerprint density at radius 1 is 0.964 bits per heavy atom. The largest absolute Gasteiger partial charge is 0.465 e. The molecule has 6 nitrogen and oxygen atoms in total. The van der Waals surface area contributed by atoms with Crippen molar-refractivity contribution in [1.82, 2.24) is 9.99 Å². The highest BCUT2D eigenvalue weighted by Crippen LogP contribution is 2.17. The molecule has 0 atom stereocenters. The fraction of sp³-hybridized carbons (Fsp3) is 0.136. The van der Waals surface area contributed by atoms with Gasteiger partial charge in [0.1, 0.15) is 0 Å². The van der Waals surface area contributed by atoms with Gasteiger partial charge in [-0.15, -0.1) is 0 Å². The molecule has 142 valence electrons. The zero-order chi connectivity index (χ0) is 20.1. The molecule has 0 bridgehead atoms. The molecule has 3 rings (SSSR count). The van der Waals surface area contributed by atoms with Gasteiger partial charge in [0.05, 0.1) is 18.9 Å². The zero-order valence-corrected chi connectivity index (χ0v) is 16.0. The van der Waals surface area contributed by atoms with E-state index in [1.807, 2.05) is 44.2 Å². The Kier molecular flexibility index (Phi) is 5.69. The number of aromatic nitrogens is 1. The predicted molar refractivity (Wildman–Crippen MR) is 108 cm³/mol. The van der Waals surface area contributed by atoms with Crippen molar-refractivity contribution in [2.75, 3.05) is 7.11 Å². The lowest BCUT2D eigenvalue weighted by molar-refractivity contribution is 0.0600. The van der Waals surface area contributed by atoms with E-state index in [2.05, 4.69) is 15.1 Å². The van der Waals surface area contributed by atoms with Gasteiger partial charge >= 0.3 is 5.97 Å². The summed E-state index contributed by atoms with van der Waals surface area (Å²) in [5.74, 6) is -0.739. The number of aryl methyl sites for hydroxylation is 2. The van der Waals surface area contributed by atoms with Crippen LogP contribution in [0.5, 0.6) is 0 Å². The second kappa shape index (κ2) is 8.35. The molecular formula is C22H21N3O3. The number of ether oxygens (including phenoxy) is 1. The first-order valence-electron chi connectivity index (χ1n) is 8.77. The third-order valence-electron chi connectivity index (χ3n) is 4.33. The summed E-state index contributed by atoms with van der Waals surface area (Å²) in [4.78, 5) is 24.0. The van der Waals surface area contributed by atoms with E-state index < -0.39 is 5.97 Å². The Labute approximate surface area is 163 Å². The number of hydrazone groups is 1. The van der Waals surface area contributed by atoms with Crippen molar-refractivity contribution in [3.8, 4) is 5.69 Å². The molecule has 2 aromatic carbocycles. The molecule has 0 saturated heterocycles. The minimum absolute atomic E-state index is 0.315. The summed E-state index contributed by atoms with van der Waals surface area (Å²) < 4.78 is 6.78. The van der Waals surface area contributed by atoms with Crippen molar-refractivity contribution in [2.45, 2.75) is 13.8 Å². The van der Waals surface area contributed by atoms with Gasteiger partial charge in [-0.2, -0.15) is 5.10 Å². The van der Waals surface area contributed by atoms with Gasteiger partial charge in [-0.05, 0) is 61.9 Å². The minimum atomic E-state index is -0.424. The smallest absolute Gasteiger partial charge is 0.337 e. The van der Waals surface area contributed by atoms with Crippen molar-refractivity contribution in [3.05, 3.63) is 88.7 Å². The maximum absolute atomic E-state index is 12.4. The number of hydrogen-bond donors (Lipinski definition) is 1. The maximum Gasteiger partial charge on any atom is 0.337 e. The van der Waals surface area contributed by atoms with E-state index in [4.69, 9.17) is 4.74 Å². The van der Waals surface area contributed by atoms with Crippen LogP contribution in [0, 0.1) is 13.8 Å². The summed E-state index contributed by atoms with van der Waals surface area (Å²) in [5, 5.41) is 3.99. The van der Waals surface area contributed by atoms with Crippen LogP contribution in [0.25, 0.3) is 5.69 Å². The molecule has 1 heterocycles. The number of benzene rings is 2. The van der Waals surface area contributed by atoms with Crippen LogP contribution in [-0.4, -0.2) is 29.8 Å². The highest BCUT2D eigenvalue weighted by Gasteiger charge is 2.09. The highest BCUT2D eigenvalue weighted by molar-refractivity contribution is 5.96. The first kappa shape index (κ1) is 19.1. The molecule has 6 heteroatoms. The van der Waals surface area contributed by atoms with Gasteiger partial charge in [0.15, 0.2) is 0 Å². The van der Waals surface area contributed by atoms with Crippen molar-refractivity contribution in [1.29, 1.82) is 0 Å². The van der Waals surface area contributed by atoms with Crippen molar-refractivity contribution in [3.63, 3.8) is 0 Å².